The Bertz CT molecular complexity index is 654. The molecule has 0 saturated carbocycles. The molecule has 6 nitrogen and oxygen atoms in total. The lowest BCUT2D eigenvalue weighted by Crippen LogP contribution is -2.38. The van der Waals surface area contributed by atoms with E-state index in [0.29, 0.717) is 23.3 Å². The molecule has 0 aliphatic carbocycles. The second kappa shape index (κ2) is 6.05. The van der Waals surface area contributed by atoms with Crippen molar-refractivity contribution in [2.45, 2.75) is 25.3 Å². The van der Waals surface area contributed by atoms with Gasteiger partial charge in [-0.15, -0.1) is 0 Å². The van der Waals surface area contributed by atoms with Crippen LogP contribution in [0.25, 0.3) is 10.9 Å². The zero-order valence-corrected chi connectivity index (χ0v) is 11.6. The Balaban J connectivity index is 1.87. The summed E-state index contributed by atoms with van der Waals surface area (Å²) in [5.74, 6) is 0.313. The summed E-state index contributed by atoms with van der Waals surface area (Å²) in [6.45, 7) is 1.43. The summed E-state index contributed by atoms with van der Waals surface area (Å²) in [6, 6.07) is 7.05. The van der Waals surface area contributed by atoms with E-state index in [-0.39, 0.29) is 11.7 Å². The summed E-state index contributed by atoms with van der Waals surface area (Å²) in [5.41, 5.74) is 0.601. The number of benzene rings is 1. The summed E-state index contributed by atoms with van der Waals surface area (Å²) in [5, 5.41) is 15.2. The number of pyridine rings is 1. The minimum atomic E-state index is -0.395. The first-order valence-corrected chi connectivity index (χ1v) is 7.14. The predicted molar refractivity (Wildman–Crippen MR) is 79.5 cm³/mol. The van der Waals surface area contributed by atoms with Gasteiger partial charge in [0.15, 0.2) is 5.75 Å². The number of nitrogens with one attached hydrogen (secondary N) is 1. The molecule has 1 aromatic carbocycles. The quantitative estimate of drug-likeness (QED) is 0.691. The van der Waals surface area contributed by atoms with Gasteiger partial charge < -0.3 is 10.1 Å². The Morgan fingerprint density at radius 3 is 3.05 bits per heavy atom. The van der Waals surface area contributed by atoms with Gasteiger partial charge >= 0.3 is 5.69 Å². The first kappa shape index (κ1) is 13.8. The number of fused-ring (bicyclic) bond motifs is 1. The lowest BCUT2D eigenvalue weighted by Gasteiger charge is -2.23. The van der Waals surface area contributed by atoms with E-state index in [1.54, 1.807) is 30.5 Å². The van der Waals surface area contributed by atoms with Crippen LogP contribution >= 0.6 is 0 Å². The van der Waals surface area contributed by atoms with E-state index in [4.69, 9.17) is 4.74 Å². The highest BCUT2D eigenvalue weighted by Gasteiger charge is 2.21. The van der Waals surface area contributed by atoms with Crippen LogP contribution in [0.15, 0.2) is 30.5 Å². The Morgan fingerprint density at radius 1 is 1.38 bits per heavy atom. The maximum atomic E-state index is 11.4. The number of nitro benzene ring substituents is 1. The number of nitro groups is 1. The monoisotopic (exact) mass is 287 g/mol. The van der Waals surface area contributed by atoms with Gasteiger partial charge in [-0.25, -0.2) is 0 Å². The fourth-order valence-electron chi connectivity index (χ4n) is 2.68. The second-order valence-electron chi connectivity index (χ2n) is 5.20. The zero-order chi connectivity index (χ0) is 14.7. The van der Waals surface area contributed by atoms with Gasteiger partial charge in [0.05, 0.1) is 15.8 Å². The summed E-state index contributed by atoms with van der Waals surface area (Å²) in [6.07, 6.45) is 5.02. The van der Waals surface area contributed by atoms with E-state index in [2.05, 4.69) is 10.3 Å². The molecule has 0 bridgehead atoms. The van der Waals surface area contributed by atoms with Crippen LogP contribution in [0.4, 0.5) is 5.69 Å². The van der Waals surface area contributed by atoms with Crippen molar-refractivity contribution in [1.29, 1.82) is 0 Å². The second-order valence-corrected chi connectivity index (χ2v) is 5.20. The summed E-state index contributed by atoms with van der Waals surface area (Å²) >= 11 is 0. The van der Waals surface area contributed by atoms with Crippen LogP contribution in [-0.2, 0) is 0 Å². The summed E-state index contributed by atoms with van der Waals surface area (Å²) in [7, 11) is 0. The minimum Gasteiger partial charge on any atom is -0.485 e. The maximum Gasteiger partial charge on any atom is 0.320 e. The Labute approximate surface area is 122 Å². The standard InChI is InChI=1S/C15H17N3O3/c19-18(20)15-12-5-3-9-17-13(12)6-7-14(15)21-10-11-4-1-2-8-16-11/h3,5-7,9,11,16H,1-2,4,8,10H2. The van der Waals surface area contributed by atoms with Gasteiger partial charge in [-0.1, -0.05) is 6.42 Å². The molecule has 21 heavy (non-hydrogen) atoms. The molecule has 1 fully saturated rings. The number of aromatic nitrogens is 1. The molecular weight excluding hydrogens is 270 g/mol. The van der Waals surface area contributed by atoms with Crippen LogP contribution < -0.4 is 10.1 Å². The number of ether oxygens (including phenoxy) is 1. The van der Waals surface area contributed by atoms with E-state index in [1.165, 1.54) is 12.8 Å². The van der Waals surface area contributed by atoms with Crippen molar-refractivity contribution in [3.63, 3.8) is 0 Å². The number of hydrogen-bond donors (Lipinski definition) is 1. The van der Waals surface area contributed by atoms with Crippen molar-refractivity contribution < 1.29 is 9.66 Å². The summed E-state index contributed by atoms with van der Waals surface area (Å²) < 4.78 is 5.71. The normalized spacial score (nSPS) is 18.6. The van der Waals surface area contributed by atoms with Crippen molar-refractivity contribution in [2.24, 2.45) is 0 Å². The highest BCUT2D eigenvalue weighted by molar-refractivity contribution is 5.90. The molecule has 0 spiro atoms. The first-order chi connectivity index (χ1) is 10.3. The SMILES string of the molecule is O=[N+]([O-])c1c(OCC2CCCCN2)ccc2ncccc12. The van der Waals surface area contributed by atoms with Crippen molar-refractivity contribution in [3.05, 3.63) is 40.6 Å². The Kier molecular flexibility index (Phi) is 3.96. The Morgan fingerprint density at radius 2 is 2.29 bits per heavy atom. The van der Waals surface area contributed by atoms with Gasteiger partial charge in [0.25, 0.3) is 0 Å². The molecule has 1 N–H and O–H groups in total. The van der Waals surface area contributed by atoms with Crippen LogP contribution in [0.1, 0.15) is 19.3 Å². The summed E-state index contributed by atoms with van der Waals surface area (Å²) in [4.78, 5) is 15.1. The van der Waals surface area contributed by atoms with Gasteiger partial charge in [0.1, 0.15) is 6.61 Å². The molecule has 1 aliphatic rings. The first-order valence-electron chi connectivity index (χ1n) is 7.14. The minimum absolute atomic E-state index is 0.00332. The van der Waals surface area contributed by atoms with E-state index in [1.807, 2.05) is 0 Å². The van der Waals surface area contributed by atoms with Crippen LogP contribution in [0.3, 0.4) is 0 Å². The molecule has 110 valence electrons. The van der Waals surface area contributed by atoms with Crippen molar-refractivity contribution in [3.8, 4) is 5.75 Å². The molecule has 1 saturated heterocycles. The topological polar surface area (TPSA) is 77.3 Å². The molecule has 6 heteroatoms. The number of nitrogens with zero attached hydrogens (tertiary/aromatic N) is 2. The molecule has 3 rings (SSSR count). The van der Waals surface area contributed by atoms with Crippen LogP contribution in [0.2, 0.25) is 0 Å². The van der Waals surface area contributed by atoms with Gasteiger partial charge in [-0.3, -0.25) is 15.1 Å². The van der Waals surface area contributed by atoms with Crippen molar-refractivity contribution in [2.75, 3.05) is 13.2 Å². The van der Waals surface area contributed by atoms with Crippen LogP contribution in [0, 0.1) is 10.1 Å². The van der Waals surface area contributed by atoms with E-state index in [9.17, 15) is 10.1 Å². The third-order valence-corrected chi connectivity index (χ3v) is 3.75. The fourth-order valence-corrected chi connectivity index (χ4v) is 2.68. The molecule has 0 amide bonds. The molecule has 1 unspecified atom stereocenters. The smallest absolute Gasteiger partial charge is 0.320 e. The van der Waals surface area contributed by atoms with E-state index < -0.39 is 4.92 Å². The zero-order valence-electron chi connectivity index (χ0n) is 11.6. The van der Waals surface area contributed by atoms with Crippen LogP contribution in [-0.4, -0.2) is 29.1 Å². The average Bonchev–Trinajstić information content (AvgIpc) is 2.53. The lowest BCUT2D eigenvalue weighted by atomic mass is 10.1. The molecule has 1 aromatic heterocycles. The Hall–Kier alpha value is -2.21. The lowest BCUT2D eigenvalue weighted by molar-refractivity contribution is -0.384. The van der Waals surface area contributed by atoms with Gasteiger partial charge in [0, 0.05) is 12.2 Å². The molecule has 2 heterocycles. The predicted octanol–water partition coefficient (Wildman–Crippen LogP) is 2.66. The molecule has 0 radical (unpaired) electrons. The number of hydrogen-bond acceptors (Lipinski definition) is 5. The van der Waals surface area contributed by atoms with Gasteiger partial charge in [0.2, 0.25) is 0 Å². The third-order valence-electron chi connectivity index (χ3n) is 3.75. The maximum absolute atomic E-state index is 11.4. The molecule has 2 aromatic rings. The molecule has 1 atom stereocenters. The highest BCUT2D eigenvalue weighted by atomic mass is 16.6. The fraction of sp³-hybridized carbons (Fsp3) is 0.400. The third kappa shape index (κ3) is 2.95. The van der Waals surface area contributed by atoms with E-state index in [0.717, 1.165) is 13.0 Å². The van der Waals surface area contributed by atoms with Gasteiger partial charge in [-0.2, -0.15) is 0 Å². The highest BCUT2D eigenvalue weighted by Crippen LogP contribution is 2.34. The average molecular weight is 287 g/mol. The number of rotatable bonds is 4. The number of piperidine rings is 1. The van der Waals surface area contributed by atoms with E-state index >= 15 is 0 Å². The van der Waals surface area contributed by atoms with Crippen molar-refractivity contribution >= 4 is 16.6 Å². The van der Waals surface area contributed by atoms with Crippen LogP contribution in [0.5, 0.6) is 5.75 Å². The van der Waals surface area contributed by atoms with Crippen molar-refractivity contribution in [1.82, 2.24) is 10.3 Å². The van der Waals surface area contributed by atoms with Gasteiger partial charge in [-0.05, 0) is 43.7 Å². The largest absolute Gasteiger partial charge is 0.485 e. The molecular formula is C15H17N3O3. The molecule has 1 aliphatic heterocycles.